The number of piperazine rings is 1. The van der Waals surface area contributed by atoms with Crippen LogP contribution in [0.4, 0.5) is 24.7 Å². The van der Waals surface area contributed by atoms with Gasteiger partial charge in [-0.15, -0.1) is 0 Å². The molecule has 45 heavy (non-hydrogen) atoms. The van der Waals surface area contributed by atoms with Crippen molar-refractivity contribution >= 4 is 17.4 Å². The fourth-order valence-electron chi connectivity index (χ4n) is 7.19. The minimum absolute atomic E-state index is 0.0226. The number of nitrogens with zero attached hydrogens (tertiary/aromatic N) is 7. The van der Waals surface area contributed by atoms with Crippen molar-refractivity contribution in [1.29, 1.82) is 5.26 Å². The average molecular weight is 628 g/mol. The van der Waals surface area contributed by atoms with Gasteiger partial charge in [0.25, 0.3) is 5.91 Å². The van der Waals surface area contributed by atoms with Crippen molar-refractivity contribution in [3.63, 3.8) is 0 Å². The van der Waals surface area contributed by atoms with E-state index in [1.807, 2.05) is 4.90 Å². The van der Waals surface area contributed by atoms with Crippen molar-refractivity contribution < 1.29 is 22.7 Å². The Morgan fingerprint density at radius 3 is 2.47 bits per heavy atom. The fourth-order valence-corrected chi connectivity index (χ4v) is 7.19. The first-order chi connectivity index (χ1) is 21.4. The van der Waals surface area contributed by atoms with Crippen molar-refractivity contribution in [2.45, 2.75) is 77.0 Å². The van der Waals surface area contributed by atoms with Crippen LogP contribution in [0.25, 0.3) is 0 Å². The van der Waals surface area contributed by atoms with E-state index in [0.29, 0.717) is 44.0 Å². The first kappa shape index (κ1) is 32.8. The number of nitriles is 1. The number of ether oxygens (including phenoxy) is 1. The molecule has 9 nitrogen and oxygen atoms in total. The number of benzene rings is 1. The van der Waals surface area contributed by atoms with E-state index in [0.717, 1.165) is 37.8 Å². The predicted molar refractivity (Wildman–Crippen MR) is 166 cm³/mol. The van der Waals surface area contributed by atoms with E-state index in [2.05, 4.69) is 25.1 Å². The summed E-state index contributed by atoms with van der Waals surface area (Å²) in [4.78, 5) is 30.0. The Bertz CT molecular complexity index is 1400. The zero-order valence-corrected chi connectivity index (χ0v) is 26.8. The van der Waals surface area contributed by atoms with E-state index < -0.39 is 29.3 Å². The molecule has 1 saturated carbocycles. The van der Waals surface area contributed by atoms with Crippen molar-refractivity contribution in [3.8, 4) is 12.1 Å². The third-order valence-electron chi connectivity index (χ3n) is 9.20. The smallest absolute Gasteiger partial charge is 0.318 e. The maximum Gasteiger partial charge on any atom is 0.318 e. The molecular weight excluding hydrogens is 583 g/mol. The number of rotatable bonds is 9. The number of carbonyl (C=O) groups excluding carboxylic acids is 1. The molecule has 1 amide bonds. The van der Waals surface area contributed by atoms with Gasteiger partial charge in [0.15, 0.2) is 5.67 Å². The van der Waals surface area contributed by atoms with Gasteiger partial charge in [0, 0.05) is 43.7 Å². The van der Waals surface area contributed by atoms with E-state index >= 15 is 0 Å². The van der Waals surface area contributed by atoms with E-state index in [-0.39, 0.29) is 43.2 Å². The molecule has 5 rings (SSSR count). The zero-order valence-electron chi connectivity index (χ0n) is 26.8. The third-order valence-corrected chi connectivity index (χ3v) is 9.20. The number of carbonyl (C=O) groups is 1. The summed E-state index contributed by atoms with van der Waals surface area (Å²) >= 11 is 0. The number of amides is 1. The van der Waals surface area contributed by atoms with Crippen LogP contribution in [0, 0.1) is 28.4 Å². The Morgan fingerprint density at radius 2 is 1.82 bits per heavy atom. The van der Waals surface area contributed by atoms with Crippen LogP contribution in [0.15, 0.2) is 18.2 Å². The lowest BCUT2D eigenvalue weighted by Gasteiger charge is -2.43. The topological polar surface area (TPSA) is 88.8 Å². The molecule has 0 radical (unpaired) electrons. The summed E-state index contributed by atoms with van der Waals surface area (Å²) in [5.41, 5.74) is -0.684. The molecule has 0 unspecified atom stereocenters. The molecular formula is C33H44F3N7O2. The van der Waals surface area contributed by atoms with Crippen LogP contribution in [0.5, 0.6) is 6.01 Å². The second-order valence-electron chi connectivity index (χ2n) is 13.5. The molecule has 2 aromatic rings. The van der Waals surface area contributed by atoms with Crippen LogP contribution in [-0.4, -0.2) is 90.8 Å². The molecule has 1 aliphatic carbocycles. The Hall–Kier alpha value is -3.59. The minimum atomic E-state index is -2.06. The van der Waals surface area contributed by atoms with E-state index in [1.165, 1.54) is 36.9 Å². The first-order valence-electron chi connectivity index (χ1n) is 15.9. The Kier molecular flexibility index (Phi) is 9.77. The number of aromatic nitrogens is 2. The second-order valence-corrected chi connectivity index (χ2v) is 13.5. The van der Waals surface area contributed by atoms with Crippen LogP contribution < -0.4 is 14.5 Å². The van der Waals surface area contributed by atoms with Gasteiger partial charge in [-0.3, -0.25) is 4.79 Å². The van der Waals surface area contributed by atoms with Crippen molar-refractivity contribution in [2.75, 3.05) is 63.2 Å². The molecule has 1 saturated heterocycles. The number of hydrogen-bond donors (Lipinski definition) is 0. The van der Waals surface area contributed by atoms with Gasteiger partial charge in [-0.1, -0.05) is 18.9 Å². The van der Waals surface area contributed by atoms with Gasteiger partial charge in [-0.05, 0) is 65.8 Å². The van der Waals surface area contributed by atoms with E-state index in [1.54, 1.807) is 4.90 Å². The van der Waals surface area contributed by atoms with Crippen molar-refractivity contribution in [1.82, 2.24) is 19.8 Å². The summed E-state index contributed by atoms with van der Waals surface area (Å²) in [7, 11) is 4.11. The SMILES string of the molecule is CN(C)CC1(COc2nc3c(c(N4CCN(C(=O)C(C)(C)F)[C@@H](CC#N)C4)n2)CCCN(c2c(F)cccc2F)C3)CCCC1. The summed E-state index contributed by atoms with van der Waals surface area (Å²) in [6.07, 6.45) is 5.58. The number of alkyl halides is 1. The highest BCUT2D eigenvalue weighted by atomic mass is 19.1. The number of halogens is 3. The highest BCUT2D eigenvalue weighted by molar-refractivity contribution is 5.85. The van der Waals surface area contributed by atoms with Gasteiger partial charge >= 0.3 is 6.01 Å². The molecule has 0 N–H and O–H groups in total. The Morgan fingerprint density at radius 1 is 1.11 bits per heavy atom. The maximum absolute atomic E-state index is 14.9. The summed E-state index contributed by atoms with van der Waals surface area (Å²) in [6.45, 7) is 5.26. The van der Waals surface area contributed by atoms with Gasteiger partial charge < -0.3 is 24.3 Å². The van der Waals surface area contributed by atoms with Gasteiger partial charge in [0.2, 0.25) is 0 Å². The molecule has 244 valence electrons. The number of anilines is 2. The lowest BCUT2D eigenvalue weighted by atomic mass is 9.87. The molecule has 1 atom stereocenters. The van der Waals surface area contributed by atoms with Crippen molar-refractivity contribution in [2.24, 2.45) is 5.41 Å². The monoisotopic (exact) mass is 627 g/mol. The zero-order chi connectivity index (χ0) is 32.4. The van der Waals surface area contributed by atoms with Gasteiger partial charge in [-0.25, -0.2) is 13.2 Å². The largest absolute Gasteiger partial charge is 0.463 e. The van der Waals surface area contributed by atoms with Crippen LogP contribution in [-0.2, 0) is 17.8 Å². The number of fused-ring (bicyclic) bond motifs is 1. The van der Waals surface area contributed by atoms with Crippen LogP contribution in [0.2, 0.25) is 0 Å². The molecule has 1 aromatic heterocycles. The Labute approximate surface area is 264 Å². The molecule has 3 heterocycles. The van der Waals surface area contributed by atoms with Gasteiger partial charge in [-0.2, -0.15) is 15.2 Å². The highest BCUT2D eigenvalue weighted by Crippen LogP contribution is 2.40. The summed E-state index contributed by atoms with van der Waals surface area (Å²) in [6, 6.07) is 5.68. The maximum atomic E-state index is 14.9. The quantitative estimate of drug-likeness (QED) is 0.389. The van der Waals surface area contributed by atoms with Crippen LogP contribution >= 0.6 is 0 Å². The minimum Gasteiger partial charge on any atom is -0.463 e. The number of hydrogen-bond acceptors (Lipinski definition) is 8. The average Bonchev–Trinajstić information content (AvgIpc) is 3.33. The second kappa shape index (κ2) is 13.4. The summed E-state index contributed by atoms with van der Waals surface area (Å²) in [5.74, 6) is -1.27. The highest BCUT2D eigenvalue weighted by Gasteiger charge is 2.40. The summed E-state index contributed by atoms with van der Waals surface area (Å²) < 4.78 is 50.9. The van der Waals surface area contributed by atoms with Crippen LogP contribution in [0.3, 0.4) is 0 Å². The molecule has 0 spiro atoms. The third kappa shape index (κ3) is 7.29. The molecule has 3 aliphatic rings. The summed E-state index contributed by atoms with van der Waals surface area (Å²) in [5, 5.41) is 9.58. The predicted octanol–water partition coefficient (Wildman–Crippen LogP) is 4.89. The first-order valence-corrected chi connectivity index (χ1v) is 15.9. The lowest BCUT2D eigenvalue weighted by Crippen LogP contribution is -2.58. The number of para-hydroxylation sites is 1. The fraction of sp³-hybridized carbons (Fsp3) is 0.636. The molecule has 2 aliphatic heterocycles. The van der Waals surface area contributed by atoms with Crippen LogP contribution in [0.1, 0.15) is 63.6 Å². The Balaban J connectivity index is 1.51. The molecule has 0 bridgehead atoms. The van der Waals surface area contributed by atoms with Crippen molar-refractivity contribution in [3.05, 3.63) is 41.1 Å². The normalized spacial score (nSPS) is 20.2. The van der Waals surface area contributed by atoms with Gasteiger partial charge in [0.1, 0.15) is 23.1 Å². The van der Waals surface area contributed by atoms with Gasteiger partial charge in [0.05, 0.1) is 37.4 Å². The van der Waals surface area contributed by atoms with E-state index in [4.69, 9.17) is 14.7 Å². The lowest BCUT2D eigenvalue weighted by molar-refractivity contribution is -0.144. The molecule has 2 fully saturated rings. The standard InChI is InChI=1S/C33H44F3N7O2/c1-32(2,36)30(44)43-18-17-42(19-23(43)12-15-37)29-24-9-8-16-41(28-25(34)10-7-11-26(28)35)20-27(24)38-31(39-29)45-22-33(21-40(3)4)13-5-6-14-33/h7,10-11,23H,5-6,8-9,12-14,16-22H2,1-4H3/t23-/m0/s1. The van der Waals surface area contributed by atoms with E-state index in [9.17, 15) is 23.2 Å². The molecule has 1 aromatic carbocycles. The molecule has 12 heteroatoms.